The number of carbonyl (C=O) groups is 1. The number of H-pyrrole nitrogens is 1. The van der Waals surface area contributed by atoms with Gasteiger partial charge in [-0.3, -0.25) is 9.59 Å². The van der Waals surface area contributed by atoms with Crippen molar-refractivity contribution >= 4 is 38.4 Å². The summed E-state index contributed by atoms with van der Waals surface area (Å²) in [5, 5.41) is 4.84. The maximum atomic E-state index is 12.3. The molecule has 1 amide bonds. The van der Waals surface area contributed by atoms with E-state index in [0.717, 1.165) is 26.1 Å². The Balaban J connectivity index is 1.42. The predicted octanol–water partition coefficient (Wildman–Crippen LogP) is 3.60. The minimum absolute atomic E-state index is 0.0622. The van der Waals surface area contributed by atoms with Crippen molar-refractivity contribution < 1.29 is 4.79 Å². The first kappa shape index (κ1) is 17.4. The maximum Gasteiger partial charge on any atom is 0.252 e. The number of thiazole rings is 1. The summed E-state index contributed by atoms with van der Waals surface area (Å²) in [6, 6.07) is 17.3. The van der Waals surface area contributed by atoms with Gasteiger partial charge in [0.05, 0.1) is 21.6 Å². The first-order valence-electron chi connectivity index (χ1n) is 8.83. The van der Waals surface area contributed by atoms with E-state index >= 15 is 0 Å². The van der Waals surface area contributed by atoms with Gasteiger partial charge in [-0.15, -0.1) is 11.3 Å². The lowest BCUT2D eigenvalue weighted by Gasteiger charge is -2.10. The molecule has 0 fully saturated rings. The zero-order valence-electron chi connectivity index (χ0n) is 14.9. The Morgan fingerprint density at radius 2 is 1.96 bits per heavy atom. The summed E-state index contributed by atoms with van der Waals surface area (Å²) in [4.78, 5) is 32.0. The van der Waals surface area contributed by atoms with Gasteiger partial charge in [0.15, 0.2) is 0 Å². The van der Waals surface area contributed by atoms with Crippen LogP contribution in [0.3, 0.4) is 0 Å². The van der Waals surface area contributed by atoms with Gasteiger partial charge in [-0.2, -0.15) is 0 Å². The van der Waals surface area contributed by atoms with E-state index in [4.69, 9.17) is 0 Å². The van der Waals surface area contributed by atoms with Gasteiger partial charge in [0, 0.05) is 23.5 Å². The molecule has 0 bridgehead atoms. The standard InChI is InChI=1S/C21H19N3O2S/c1-13(21-24-17-8-4-5-9-18(17)27-21)12-22-19(25)11-15-10-14-6-2-3-7-16(14)23-20(15)26/h2-10,13H,11-12H2,1H3,(H,22,25)(H,23,26). The van der Waals surface area contributed by atoms with Crippen molar-refractivity contribution in [3.05, 3.63) is 75.5 Å². The molecule has 2 N–H and O–H groups in total. The van der Waals surface area contributed by atoms with Gasteiger partial charge in [-0.05, 0) is 29.7 Å². The molecule has 136 valence electrons. The molecule has 0 aliphatic rings. The first-order chi connectivity index (χ1) is 13.1. The van der Waals surface area contributed by atoms with Crippen LogP contribution in [0.2, 0.25) is 0 Å². The number of hydrogen-bond acceptors (Lipinski definition) is 4. The second-order valence-electron chi connectivity index (χ2n) is 6.61. The molecule has 4 rings (SSSR count). The molecule has 0 saturated heterocycles. The van der Waals surface area contributed by atoms with E-state index in [1.165, 1.54) is 0 Å². The Bertz CT molecular complexity index is 1150. The summed E-state index contributed by atoms with van der Waals surface area (Å²) < 4.78 is 1.15. The maximum absolute atomic E-state index is 12.3. The third-order valence-electron chi connectivity index (χ3n) is 4.52. The Kier molecular flexibility index (Phi) is 4.73. The van der Waals surface area contributed by atoms with Gasteiger partial charge in [-0.25, -0.2) is 4.98 Å². The van der Waals surface area contributed by atoms with Crippen molar-refractivity contribution in [3.63, 3.8) is 0 Å². The molecule has 0 spiro atoms. The van der Waals surface area contributed by atoms with Gasteiger partial charge in [0.1, 0.15) is 0 Å². The van der Waals surface area contributed by atoms with Crippen LogP contribution in [-0.2, 0) is 11.2 Å². The normalized spacial score (nSPS) is 12.3. The molecular formula is C21H19N3O2S. The smallest absolute Gasteiger partial charge is 0.252 e. The summed E-state index contributed by atoms with van der Waals surface area (Å²) >= 11 is 1.65. The molecule has 5 nitrogen and oxygen atoms in total. The van der Waals surface area contributed by atoms with E-state index in [9.17, 15) is 9.59 Å². The summed E-state index contributed by atoms with van der Waals surface area (Å²) in [6.45, 7) is 2.53. The van der Waals surface area contributed by atoms with Crippen LogP contribution in [0, 0.1) is 0 Å². The SMILES string of the molecule is CC(CNC(=O)Cc1cc2ccccc2[nH]c1=O)c1nc2ccccc2s1. The number of para-hydroxylation sites is 2. The van der Waals surface area contributed by atoms with Crippen molar-refractivity contribution in [2.24, 2.45) is 0 Å². The van der Waals surface area contributed by atoms with Gasteiger partial charge in [-0.1, -0.05) is 37.3 Å². The van der Waals surface area contributed by atoms with E-state index in [0.29, 0.717) is 12.1 Å². The Morgan fingerprint density at radius 1 is 1.19 bits per heavy atom. The van der Waals surface area contributed by atoms with Crippen LogP contribution >= 0.6 is 11.3 Å². The molecule has 0 aliphatic carbocycles. The van der Waals surface area contributed by atoms with E-state index in [2.05, 4.69) is 15.3 Å². The summed E-state index contributed by atoms with van der Waals surface area (Å²) in [5.74, 6) is -0.0509. The molecule has 2 aromatic carbocycles. The summed E-state index contributed by atoms with van der Waals surface area (Å²) in [5.41, 5.74) is 2.01. The minimum Gasteiger partial charge on any atom is -0.355 e. The molecule has 0 aliphatic heterocycles. The average molecular weight is 377 g/mol. The van der Waals surface area contributed by atoms with Gasteiger partial charge < -0.3 is 10.3 Å². The molecule has 27 heavy (non-hydrogen) atoms. The number of nitrogens with one attached hydrogen (secondary N) is 2. The molecule has 0 saturated carbocycles. The fourth-order valence-electron chi connectivity index (χ4n) is 3.01. The highest BCUT2D eigenvalue weighted by Crippen LogP contribution is 2.26. The highest BCUT2D eigenvalue weighted by Gasteiger charge is 2.14. The van der Waals surface area contributed by atoms with E-state index in [-0.39, 0.29) is 23.8 Å². The first-order valence-corrected chi connectivity index (χ1v) is 9.65. The predicted molar refractivity (Wildman–Crippen MR) is 109 cm³/mol. The van der Waals surface area contributed by atoms with Crippen molar-refractivity contribution in [1.82, 2.24) is 15.3 Å². The van der Waals surface area contributed by atoms with Gasteiger partial charge >= 0.3 is 0 Å². The van der Waals surface area contributed by atoms with Crippen LogP contribution in [-0.4, -0.2) is 22.4 Å². The van der Waals surface area contributed by atoms with E-state index in [1.54, 1.807) is 17.4 Å². The number of hydrogen-bond donors (Lipinski definition) is 2. The van der Waals surface area contributed by atoms with Crippen molar-refractivity contribution in [2.75, 3.05) is 6.54 Å². The highest BCUT2D eigenvalue weighted by atomic mass is 32.1. The average Bonchev–Trinajstić information content (AvgIpc) is 3.11. The summed E-state index contributed by atoms with van der Waals surface area (Å²) in [6.07, 6.45) is 0.0622. The fourth-order valence-corrected chi connectivity index (χ4v) is 4.03. The van der Waals surface area contributed by atoms with Gasteiger partial charge in [0.25, 0.3) is 5.56 Å². The number of benzene rings is 2. The lowest BCUT2D eigenvalue weighted by atomic mass is 10.1. The zero-order chi connectivity index (χ0) is 18.8. The number of fused-ring (bicyclic) bond motifs is 2. The second-order valence-corrected chi connectivity index (χ2v) is 7.67. The number of nitrogens with zero attached hydrogens (tertiary/aromatic N) is 1. The quantitative estimate of drug-likeness (QED) is 0.558. The Labute approximate surface area is 160 Å². The van der Waals surface area contributed by atoms with Crippen LogP contribution < -0.4 is 10.9 Å². The number of rotatable bonds is 5. The molecule has 0 radical (unpaired) electrons. The highest BCUT2D eigenvalue weighted by molar-refractivity contribution is 7.18. The third-order valence-corrected chi connectivity index (χ3v) is 5.79. The van der Waals surface area contributed by atoms with Crippen molar-refractivity contribution in [2.45, 2.75) is 19.3 Å². The zero-order valence-corrected chi connectivity index (χ0v) is 15.7. The fraction of sp³-hybridized carbons (Fsp3) is 0.190. The lowest BCUT2D eigenvalue weighted by Crippen LogP contribution is -2.30. The number of aromatic nitrogens is 2. The van der Waals surface area contributed by atoms with Crippen LogP contribution in [0.4, 0.5) is 0 Å². The largest absolute Gasteiger partial charge is 0.355 e. The molecule has 1 unspecified atom stereocenters. The lowest BCUT2D eigenvalue weighted by molar-refractivity contribution is -0.120. The van der Waals surface area contributed by atoms with Crippen LogP contribution in [0.25, 0.3) is 21.1 Å². The third kappa shape index (κ3) is 3.75. The Hall–Kier alpha value is -2.99. The molecule has 6 heteroatoms. The number of aromatic amines is 1. The number of carbonyl (C=O) groups excluding carboxylic acids is 1. The van der Waals surface area contributed by atoms with Gasteiger partial charge in [0.2, 0.25) is 5.91 Å². The number of pyridine rings is 1. The van der Waals surface area contributed by atoms with Crippen LogP contribution in [0.15, 0.2) is 59.4 Å². The topological polar surface area (TPSA) is 74.8 Å². The molecular weight excluding hydrogens is 358 g/mol. The number of amides is 1. The van der Waals surface area contributed by atoms with E-state index < -0.39 is 0 Å². The summed E-state index contributed by atoms with van der Waals surface area (Å²) in [7, 11) is 0. The van der Waals surface area contributed by atoms with Crippen LogP contribution in [0.1, 0.15) is 23.4 Å². The van der Waals surface area contributed by atoms with E-state index in [1.807, 2.05) is 55.5 Å². The van der Waals surface area contributed by atoms with Crippen LogP contribution in [0.5, 0.6) is 0 Å². The minimum atomic E-state index is -0.219. The monoisotopic (exact) mass is 377 g/mol. The second kappa shape index (κ2) is 7.32. The molecule has 2 aromatic heterocycles. The van der Waals surface area contributed by atoms with Crippen molar-refractivity contribution in [3.8, 4) is 0 Å². The molecule has 4 aromatic rings. The Morgan fingerprint density at radius 3 is 2.81 bits per heavy atom. The molecule has 1 atom stereocenters. The molecule has 2 heterocycles. The van der Waals surface area contributed by atoms with Crippen molar-refractivity contribution in [1.29, 1.82) is 0 Å².